The maximum Gasteiger partial charge on any atom is 0.243 e. The van der Waals surface area contributed by atoms with E-state index in [1.807, 2.05) is 44.2 Å². The number of nitrogens with zero attached hydrogens (tertiary/aromatic N) is 2. The SMILES string of the molecule is CC[C@@H](C)NC(=O)[C@@H](Cc1ccccc1)N(Cc1ccccc1F)C(=O)CCCN(c1ccccc1)S(C)(=O)=O. The zero-order valence-electron chi connectivity index (χ0n) is 23.3. The third-order valence-electron chi connectivity index (χ3n) is 6.77. The molecule has 3 aromatic rings. The molecule has 0 aromatic heterocycles. The quantitative estimate of drug-likeness (QED) is 0.299. The summed E-state index contributed by atoms with van der Waals surface area (Å²) >= 11 is 0. The Hall–Kier alpha value is -3.72. The van der Waals surface area contributed by atoms with E-state index in [0.717, 1.165) is 11.8 Å². The third-order valence-corrected chi connectivity index (χ3v) is 7.96. The summed E-state index contributed by atoms with van der Waals surface area (Å²) in [6.45, 7) is 3.85. The lowest BCUT2D eigenvalue weighted by Crippen LogP contribution is -2.52. The Labute approximate surface area is 237 Å². The molecule has 0 saturated carbocycles. The minimum atomic E-state index is -3.58. The van der Waals surface area contributed by atoms with Crippen molar-refractivity contribution < 1.29 is 22.4 Å². The number of nitrogens with one attached hydrogen (secondary N) is 1. The number of benzene rings is 3. The molecule has 0 spiro atoms. The summed E-state index contributed by atoms with van der Waals surface area (Å²) in [6.07, 6.45) is 2.30. The van der Waals surface area contributed by atoms with E-state index >= 15 is 0 Å². The molecule has 9 heteroatoms. The fourth-order valence-electron chi connectivity index (χ4n) is 4.40. The van der Waals surface area contributed by atoms with Crippen molar-refractivity contribution in [2.75, 3.05) is 17.1 Å². The zero-order valence-corrected chi connectivity index (χ0v) is 24.1. The van der Waals surface area contributed by atoms with Crippen LogP contribution in [0.5, 0.6) is 0 Å². The van der Waals surface area contributed by atoms with Gasteiger partial charge in [0.05, 0.1) is 11.9 Å². The molecule has 0 saturated heterocycles. The van der Waals surface area contributed by atoms with E-state index in [9.17, 15) is 22.4 Å². The lowest BCUT2D eigenvalue weighted by molar-refractivity contribution is -0.141. The summed E-state index contributed by atoms with van der Waals surface area (Å²) < 4.78 is 41.0. The van der Waals surface area contributed by atoms with Crippen LogP contribution in [0.15, 0.2) is 84.9 Å². The minimum absolute atomic E-state index is 0.0186. The molecular weight excluding hydrogens is 529 g/mol. The molecule has 3 rings (SSSR count). The van der Waals surface area contributed by atoms with Gasteiger partial charge in [-0.3, -0.25) is 13.9 Å². The molecule has 0 radical (unpaired) electrons. The largest absolute Gasteiger partial charge is 0.352 e. The number of sulfonamides is 1. The van der Waals surface area contributed by atoms with Crippen molar-refractivity contribution in [3.63, 3.8) is 0 Å². The Bertz CT molecular complexity index is 1350. The van der Waals surface area contributed by atoms with E-state index < -0.39 is 21.9 Å². The average Bonchev–Trinajstić information content (AvgIpc) is 2.94. The van der Waals surface area contributed by atoms with Crippen LogP contribution in [0, 0.1) is 5.82 Å². The van der Waals surface area contributed by atoms with E-state index in [1.165, 1.54) is 15.3 Å². The van der Waals surface area contributed by atoms with Crippen LogP contribution in [0.4, 0.5) is 10.1 Å². The van der Waals surface area contributed by atoms with Gasteiger partial charge in [0, 0.05) is 37.5 Å². The van der Waals surface area contributed by atoms with Gasteiger partial charge in [-0.2, -0.15) is 0 Å². The predicted molar refractivity (Wildman–Crippen MR) is 157 cm³/mol. The standard InChI is InChI=1S/C31H38FN3O4S/c1-4-24(2)33-31(37)29(22-25-14-7-5-8-15-25)34(23-26-16-11-12-19-28(26)32)30(36)20-13-21-35(40(3,38)39)27-17-9-6-10-18-27/h5-12,14-19,24,29H,4,13,20-23H2,1-3H3,(H,33,37)/t24-,29-/m1/s1. The lowest BCUT2D eigenvalue weighted by Gasteiger charge is -2.32. The summed E-state index contributed by atoms with van der Waals surface area (Å²) in [6, 6.07) is 23.3. The van der Waals surface area contributed by atoms with Gasteiger partial charge in [-0.05, 0) is 43.5 Å². The van der Waals surface area contributed by atoms with Gasteiger partial charge in [0.2, 0.25) is 21.8 Å². The molecule has 0 heterocycles. The first-order valence-corrected chi connectivity index (χ1v) is 15.3. The van der Waals surface area contributed by atoms with E-state index in [1.54, 1.807) is 48.5 Å². The zero-order chi connectivity index (χ0) is 29.1. The fraction of sp³-hybridized carbons (Fsp3) is 0.355. The Morgan fingerprint density at radius 1 is 0.925 bits per heavy atom. The molecule has 0 aliphatic rings. The molecule has 7 nitrogen and oxygen atoms in total. The van der Waals surface area contributed by atoms with Crippen LogP contribution >= 0.6 is 0 Å². The van der Waals surface area contributed by atoms with Crippen LogP contribution in [0.25, 0.3) is 0 Å². The second kappa shape index (κ2) is 14.6. The Balaban J connectivity index is 1.89. The van der Waals surface area contributed by atoms with E-state index in [4.69, 9.17) is 0 Å². The number of hydrogen-bond donors (Lipinski definition) is 1. The second-order valence-corrected chi connectivity index (χ2v) is 11.8. The monoisotopic (exact) mass is 567 g/mol. The maximum atomic E-state index is 14.7. The first-order valence-electron chi connectivity index (χ1n) is 13.5. The van der Waals surface area contributed by atoms with Crippen molar-refractivity contribution in [1.29, 1.82) is 0 Å². The lowest BCUT2D eigenvalue weighted by atomic mass is 10.0. The van der Waals surface area contributed by atoms with Gasteiger partial charge < -0.3 is 10.2 Å². The van der Waals surface area contributed by atoms with Crippen LogP contribution in [-0.4, -0.2) is 50.0 Å². The summed E-state index contributed by atoms with van der Waals surface area (Å²) in [5, 5.41) is 2.99. The summed E-state index contributed by atoms with van der Waals surface area (Å²) in [7, 11) is -3.58. The number of rotatable bonds is 14. The normalized spacial score (nSPS) is 12.8. The van der Waals surface area contributed by atoms with Gasteiger partial charge in [-0.25, -0.2) is 12.8 Å². The van der Waals surface area contributed by atoms with Gasteiger partial charge in [0.1, 0.15) is 11.9 Å². The number of halogens is 1. The topological polar surface area (TPSA) is 86.8 Å². The molecule has 1 N–H and O–H groups in total. The summed E-state index contributed by atoms with van der Waals surface area (Å²) in [5.41, 5.74) is 1.67. The Morgan fingerprint density at radius 3 is 2.12 bits per heavy atom. The van der Waals surface area contributed by atoms with Crippen molar-refractivity contribution >= 4 is 27.5 Å². The third kappa shape index (κ3) is 8.91. The summed E-state index contributed by atoms with van der Waals surface area (Å²) in [4.78, 5) is 28.8. The smallest absolute Gasteiger partial charge is 0.243 e. The Kier molecular flexibility index (Phi) is 11.3. The fourth-order valence-corrected chi connectivity index (χ4v) is 5.37. The molecule has 0 fully saturated rings. The van der Waals surface area contributed by atoms with E-state index in [2.05, 4.69) is 5.32 Å². The van der Waals surface area contributed by atoms with Crippen LogP contribution in [0.3, 0.4) is 0 Å². The second-order valence-electron chi connectivity index (χ2n) is 9.91. The number of hydrogen-bond acceptors (Lipinski definition) is 4. The van der Waals surface area contributed by atoms with Gasteiger partial charge in [-0.15, -0.1) is 0 Å². The van der Waals surface area contributed by atoms with Gasteiger partial charge in [-0.1, -0.05) is 73.7 Å². The highest BCUT2D eigenvalue weighted by atomic mass is 32.2. The number of carbonyl (C=O) groups excluding carboxylic acids is 2. The number of anilines is 1. The highest BCUT2D eigenvalue weighted by Crippen LogP contribution is 2.21. The van der Waals surface area contributed by atoms with Crippen molar-refractivity contribution in [1.82, 2.24) is 10.2 Å². The Morgan fingerprint density at radius 2 is 1.52 bits per heavy atom. The van der Waals surface area contributed by atoms with Gasteiger partial charge in [0.25, 0.3) is 0 Å². The van der Waals surface area contributed by atoms with Crippen LogP contribution in [0.2, 0.25) is 0 Å². The van der Waals surface area contributed by atoms with Gasteiger partial charge >= 0.3 is 0 Å². The molecule has 3 aromatic carbocycles. The molecular formula is C31H38FN3O4S. The first-order chi connectivity index (χ1) is 19.1. The average molecular weight is 568 g/mol. The minimum Gasteiger partial charge on any atom is -0.352 e. The van der Waals surface area contributed by atoms with Crippen molar-refractivity contribution in [3.05, 3.63) is 102 Å². The number of para-hydroxylation sites is 1. The van der Waals surface area contributed by atoms with Crippen LogP contribution in [0.1, 0.15) is 44.2 Å². The molecule has 0 bridgehead atoms. The van der Waals surface area contributed by atoms with E-state index in [-0.39, 0.29) is 50.2 Å². The van der Waals surface area contributed by atoms with Gasteiger partial charge in [0.15, 0.2) is 0 Å². The van der Waals surface area contributed by atoms with E-state index in [0.29, 0.717) is 17.7 Å². The van der Waals surface area contributed by atoms with Crippen molar-refractivity contribution in [2.45, 2.75) is 58.2 Å². The highest BCUT2D eigenvalue weighted by molar-refractivity contribution is 7.92. The number of carbonyl (C=O) groups is 2. The van der Waals surface area contributed by atoms with Crippen LogP contribution < -0.4 is 9.62 Å². The van der Waals surface area contributed by atoms with Crippen LogP contribution in [-0.2, 0) is 32.6 Å². The molecule has 2 atom stereocenters. The molecule has 0 unspecified atom stereocenters. The molecule has 214 valence electrons. The van der Waals surface area contributed by atoms with Crippen molar-refractivity contribution in [2.24, 2.45) is 0 Å². The molecule has 40 heavy (non-hydrogen) atoms. The molecule has 0 aliphatic carbocycles. The molecule has 2 amide bonds. The maximum absolute atomic E-state index is 14.7. The molecule has 0 aliphatic heterocycles. The predicted octanol–water partition coefficient (Wildman–Crippen LogP) is 4.93. The number of amides is 2. The summed E-state index contributed by atoms with van der Waals surface area (Å²) in [5.74, 6) is -1.14. The highest BCUT2D eigenvalue weighted by Gasteiger charge is 2.31. The van der Waals surface area contributed by atoms with Crippen molar-refractivity contribution in [3.8, 4) is 0 Å². The first kappa shape index (κ1) is 30.8.